The number of nitrogens with zero attached hydrogens (tertiary/aromatic N) is 3. The van der Waals surface area contributed by atoms with Gasteiger partial charge in [-0.3, -0.25) is 9.59 Å². The number of hydrogen-bond donors (Lipinski definition) is 1. The van der Waals surface area contributed by atoms with E-state index >= 15 is 0 Å². The molecule has 4 heterocycles. The van der Waals surface area contributed by atoms with Gasteiger partial charge in [-0.15, -0.1) is 0 Å². The molecule has 2 aliphatic heterocycles. The van der Waals surface area contributed by atoms with Gasteiger partial charge in [-0.05, 0) is 36.8 Å². The molecule has 8 nitrogen and oxygen atoms in total. The zero-order chi connectivity index (χ0) is 22.1. The molecular weight excluding hydrogens is 398 g/mol. The summed E-state index contributed by atoms with van der Waals surface area (Å²) in [5.74, 6) is -0.840. The van der Waals surface area contributed by atoms with Gasteiger partial charge in [0, 0.05) is 36.2 Å². The van der Waals surface area contributed by atoms with Crippen LogP contribution in [0.5, 0.6) is 0 Å². The highest BCUT2D eigenvalue weighted by atomic mass is 16.6. The van der Waals surface area contributed by atoms with Crippen LogP contribution in [0.25, 0.3) is 22.3 Å². The molecule has 158 valence electrons. The van der Waals surface area contributed by atoms with Crippen molar-refractivity contribution in [2.75, 3.05) is 14.1 Å². The molecule has 0 unspecified atom stereocenters. The molecule has 0 saturated carbocycles. The molecule has 0 bridgehead atoms. The number of carbonyl (C=O) groups excluding carboxylic acids is 2. The van der Waals surface area contributed by atoms with E-state index in [4.69, 9.17) is 9.72 Å². The lowest BCUT2D eigenvalue weighted by molar-refractivity contribution is -0.172. The highest BCUT2D eigenvalue weighted by molar-refractivity contribution is 5.98. The van der Waals surface area contributed by atoms with Crippen molar-refractivity contribution in [3.63, 3.8) is 0 Å². The fourth-order valence-corrected chi connectivity index (χ4v) is 4.38. The van der Waals surface area contributed by atoms with Crippen molar-refractivity contribution in [3.05, 3.63) is 62.9 Å². The van der Waals surface area contributed by atoms with Crippen molar-refractivity contribution in [2.24, 2.45) is 0 Å². The molecular formula is C23H21N3O5. The first-order chi connectivity index (χ1) is 14.7. The minimum atomic E-state index is -1.84. The van der Waals surface area contributed by atoms with Crippen LogP contribution in [-0.4, -0.2) is 45.5 Å². The van der Waals surface area contributed by atoms with Gasteiger partial charge in [0.25, 0.3) is 11.5 Å². The molecule has 1 N–H and O–H groups in total. The lowest BCUT2D eigenvalue weighted by Gasteiger charge is -2.31. The van der Waals surface area contributed by atoms with Gasteiger partial charge in [0.2, 0.25) is 0 Å². The zero-order valence-electron chi connectivity index (χ0n) is 17.4. The molecule has 0 radical (unpaired) electrons. The predicted molar refractivity (Wildman–Crippen MR) is 113 cm³/mol. The monoisotopic (exact) mass is 419 g/mol. The standard InChI is InChI=1S/C23H21N3O5/c1-4-23(30)16-9-18-19-14(10-26(18)21(28)15(16)11-31-22(23)29)8-13-7-12(20(27)25(2)3)5-6-17(13)24-19/h5-9,30H,4,10-11H2,1-3H3/t23-/m0/s1. The summed E-state index contributed by atoms with van der Waals surface area (Å²) in [5, 5.41) is 11.7. The second-order valence-corrected chi connectivity index (χ2v) is 8.21. The summed E-state index contributed by atoms with van der Waals surface area (Å²) in [7, 11) is 3.40. The van der Waals surface area contributed by atoms with Crippen LogP contribution in [0.3, 0.4) is 0 Å². The van der Waals surface area contributed by atoms with E-state index < -0.39 is 11.6 Å². The van der Waals surface area contributed by atoms with E-state index in [1.54, 1.807) is 49.9 Å². The maximum atomic E-state index is 13.2. The molecule has 0 spiro atoms. The molecule has 0 fully saturated rings. The molecule has 2 aromatic heterocycles. The topological polar surface area (TPSA) is 102 Å². The molecule has 1 atom stereocenters. The van der Waals surface area contributed by atoms with Gasteiger partial charge >= 0.3 is 5.97 Å². The third-order valence-electron chi connectivity index (χ3n) is 6.16. The molecule has 3 aromatic rings. The van der Waals surface area contributed by atoms with Crippen LogP contribution in [0.1, 0.15) is 40.4 Å². The van der Waals surface area contributed by atoms with Crippen LogP contribution < -0.4 is 5.56 Å². The number of hydrogen-bond acceptors (Lipinski definition) is 6. The number of pyridine rings is 2. The number of ether oxygens (including phenoxy) is 1. The molecule has 31 heavy (non-hydrogen) atoms. The van der Waals surface area contributed by atoms with Crippen LogP contribution >= 0.6 is 0 Å². The number of benzene rings is 1. The van der Waals surface area contributed by atoms with Crippen LogP contribution in [0, 0.1) is 0 Å². The number of fused-ring (bicyclic) bond motifs is 5. The maximum Gasteiger partial charge on any atom is 0.343 e. The third kappa shape index (κ3) is 2.64. The second kappa shape index (κ2) is 6.49. The maximum absolute atomic E-state index is 13.2. The number of aliphatic hydroxyl groups is 1. The Bertz CT molecular complexity index is 1360. The molecule has 1 aromatic carbocycles. The predicted octanol–water partition coefficient (Wildman–Crippen LogP) is 1.78. The van der Waals surface area contributed by atoms with Crippen LogP contribution in [0.15, 0.2) is 35.1 Å². The summed E-state index contributed by atoms with van der Waals surface area (Å²) in [6.45, 7) is 1.84. The highest BCUT2D eigenvalue weighted by Gasteiger charge is 2.45. The van der Waals surface area contributed by atoms with Gasteiger partial charge in [0.15, 0.2) is 5.60 Å². The first-order valence-corrected chi connectivity index (χ1v) is 10.1. The van der Waals surface area contributed by atoms with Crippen LogP contribution in [-0.2, 0) is 28.3 Å². The smallest absolute Gasteiger partial charge is 0.343 e. The minimum absolute atomic E-state index is 0.0990. The lowest BCUT2D eigenvalue weighted by Crippen LogP contribution is -2.44. The van der Waals surface area contributed by atoms with Crippen LogP contribution in [0.4, 0.5) is 0 Å². The van der Waals surface area contributed by atoms with E-state index in [1.165, 1.54) is 4.90 Å². The Kier molecular flexibility index (Phi) is 4.07. The number of amides is 1. The van der Waals surface area contributed by atoms with E-state index in [0.717, 1.165) is 10.9 Å². The lowest BCUT2D eigenvalue weighted by atomic mass is 9.86. The Morgan fingerprint density at radius 2 is 2.03 bits per heavy atom. The first-order valence-electron chi connectivity index (χ1n) is 10.1. The Morgan fingerprint density at radius 3 is 2.74 bits per heavy atom. The van der Waals surface area contributed by atoms with E-state index in [2.05, 4.69) is 0 Å². The quantitative estimate of drug-likeness (QED) is 0.497. The zero-order valence-corrected chi connectivity index (χ0v) is 17.4. The summed E-state index contributed by atoms with van der Waals surface area (Å²) < 4.78 is 6.69. The highest BCUT2D eigenvalue weighted by Crippen LogP contribution is 2.38. The number of esters is 1. The van der Waals surface area contributed by atoms with Gasteiger partial charge in [-0.25, -0.2) is 9.78 Å². The van der Waals surface area contributed by atoms with E-state index in [0.29, 0.717) is 40.1 Å². The van der Waals surface area contributed by atoms with E-state index in [9.17, 15) is 19.5 Å². The number of cyclic esters (lactones) is 1. The van der Waals surface area contributed by atoms with Crippen molar-refractivity contribution in [1.29, 1.82) is 0 Å². The summed E-state index contributed by atoms with van der Waals surface area (Å²) in [6, 6.07) is 8.93. The van der Waals surface area contributed by atoms with Crippen molar-refractivity contribution in [2.45, 2.75) is 32.1 Å². The van der Waals surface area contributed by atoms with Crippen molar-refractivity contribution in [3.8, 4) is 11.4 Å². The van der Waals surface area contributed by atoms with Gasteiger partial charge in [-0.1, -0.05) is 6.92 Å². The molecule has 2 aliphatic rings. The average Bonchev–Trinajstić information content (AvgIpc) is 3.12. The first kappa shape index (κ1) is 19.4. The minimum Gasteiger partial charge on any atom is -0.458 e. The van der Waals surface area contributed by atoms with Gasteiger partial charge in [0.05, 0.1) is 29.0 Å². The summed E-state index contributed by atoms with van der Waals surface area (Å²) in [4.78, 5) is 44.0. The summed E-state index contributed by atoms with van der Waals surface area (Å²) >= 11 is 0. The van der Waals surface area contributed by atoms with Crippen molar-refractivity contribution in [1.82, 2.24) is 14.5 Å². The Morgan fingerprint density at radius 1 is 1.26 bits per heavy atom. The molecule has 0 saturated heterocycles. The third-order valence-corrected chi connectivity index (χ3v) is 6.16. The summed E-state index contributed by atoms with van der Waals surface area (Å²) in [5.41, 5.74) is 1.75. The molecule has 0 aliphatic carbocycles. The Hall–Kier alpha value is -3.52. The second-order valence-electron chi connectivity index (χ2n) is 8.21. The molecule has 5 rings (SSSR count). The van der Waals surface area contributed by atoms with Crippen LogP contribution in [0.2, 0.25) is 0 Å². The Labute approximate surface area is 177 Å². The van der Waals surface area contributed by atoms with Gasteiger partial charge in [0.1, 0.15) is 6.61 Å². The summed E-state index contributed by atoms with van der Waals surface area (Å²) in [6.07, 6.45) is 0.0996. The largest absolute Gasteiger partial charge is 0.458 e. The average molecular weight is 419 g/mol. The van der Waals surface area contributed by atoms with Gasteiger partial charge in [-0.2, -0.15) is 0 Å². The van der Waals surface area contributed by atoms with Crippen molar-refractivity contribution < 1.29 is 19.4 Å². The van der Waals surface area contributed by atoms with Crippen molar-refractivity contribution >= 4 is 22.8 Å². The molecule has 8 heteroatoms. The molecule has 1 amide bonds. The Balaban J connectivity index is 1.70. The number of aromatic nitrogens is 2. The number of carbonyl (C=O) groups is 2. The fraction of sp³-hybridized carbons (Fsp3) is 0.304. The SMILES string of the molecule is CC[C@@]1(O)C(=O)OCc2c1cc1n(c2=O)Cc2cc3cc(C(=O)N(C)C)ccc3nc2-1. The van der Waals surface area contributed by atoms with Gasteiger partial charge < -0.3 is 19.3 Å². The fourth-order valence-electron chi connectivity index (χ4n) is 4.38. The normalized spacial score (nSPS) is 18.9. The van der Waals surface area contributed by atoms with E-state index in [-0.39, 0.29) is 24.5 Å². The number of rotatable bonds is 2. The van der Waals surface area contributed by atoms with E-state index in [1.807, 2.05) is 6.07 Å².